The zero-order chi connectivity index (χ0) is 12.8. The Morgan fingerprint density at radius 2 is 1.94 bits per heavy atom. The number of thioether (sulfide) groups is 1. The molecule has 1 aliphatic rings. The van der Waals surface area contributed by atoms with Gasteiger partial charge in [0.05, 0.1) is 6.17 Å². The fourth-order valence-corrected chi connectivity index (χ4v) is 3.08. The summed E-state index contributed by atoms with van der Waals surface area (Å²) in [5.74, 6) is 1.13. The number of benzene rings is 1. The molecule has 4 heteroatoms. The van der Waals surface area contributed by atoms with E-state index in [9.17, 15) is 0 Å². The first-order valence-corrected chi connectivity index (χ1v) is 7.68. The second-order valence-electron chi connectivity index (χ2n) is 4.48. The molecule has 3 nitrogen and oxygen atoms in total. The van der Waals surface area contributed by atoms with Gasteiger partial charge in [-0.1, -0.05) is 19.1 Å². The maximum Gasteiger partial charge on any atom is 0.0859 e. The average molecular weight is 265 g/mol. The van der Waals surface area contributed by atoms with Gasteiger partial charge < -0.3 is 10.6 Å². The second kappa shape index (κ2) is 7.14. The number of hydrogen-bond donors (Lipinski definition) is 2. The molecule has 0 bridgehead atoms. The van der Waals surface area contributed by atoms with Gasteiger partial charge in [0, 0.05) is 31.1 Å². The number of rotatable bonds is 5. The zero-order valence-corrected chi connectivity index (χ0v) is 12.1. The molecular formula is C14H23N3S. The van der Waals surface area contributed by atoms with Crippen LogP contribution in [0.3, 0.4) is 0 Å². The van der Waals surface area contributed by atoms with Gasteiger partial charge in [-0.2, -0.15) is 0 Å². The lowest BCUT2D eigenvalue weighted by atomic mass is 10.1. The second-order valence-corrected chi connectivity index (χ2v) is 5.82. The molecule has 18 heavy (non-hydrogen) atoms. The molecule has 1 fully saturated rings. The number of nitrogens with one attached hydrogen (secondary N) is 2. The Morgan fingerprint density at radius 3 is 2.50 bits per heavy atom. The van der Waals surface area contributed by atoms with Crippen LogP contribution >= 0.6 is 11.8 Å². The van der Waals surface area contributed by atoms with Crippen LogP contribution in [0.15, 0.2) is 29.2 Å². The van der Waals surface area contributed by atoms with E-state index < -0.39 is 0 Å². The van der Waals surface area contributed by atoms with Crippen LogP contribution in [0.1, 0.15) is 18.7 Å². The largest absolute Gasteiger partial charge is 0.314 e. The van der Waals surface area contributed by atoms with Crippen molar-refractivity contribution in [3.63, 3.8) is 0 Å². The fourth-order valence-electron chi connectivity index (χ4n) is 2.41. The Morgan fingerprint density at radius 1 is 1.28 bits per heavy atom. The van der Waals surface area contributed by atoms with Gasteiger partial charge in [-0.3, -0.25) is 4.90 Å². The summed E-state index contributed by atoms with van der Waals surface area (Å²) in [5.41, 5.74) is 1.36. The Hall–Kier alpha value is -0.550. The molecule has 1 unspecified atom stereocenters. The topological polar surface area (TPSA) is 27.3 Å². The minimum atomic E-state index is 0.341. The smallest absolute Gasteiger partial charge is 0.0859 e. The van der Waals surface area contributed by atoms with E-state index in [1.807, 2.05) is 18.8 Å². The van der Waals surface area contributed by atoms with Crippen LogP contribution in [0, 0.1) is 0 Å². The molecule has 1 heterocycles. The van der Waals surface area contributed by atoms with E-state index in [0.717, 1.165) is 31.9 Å². The van der Waals surface area contributed by atoms with Gasteiger partial charge in [0.1, 0.15) is 0 Å². The van der Waals surface area contributed by atoms with Crippen LogP contribution in [0.25, 0.3) is 0 Å². The zero-order valence-electron chi connectivity index (χ0n) is 11.3. The molecule has 1 aliphatic heterocycles. The van der Waals surface area contributed by atoms with E-state index >= 15 is 0 Å². The van der Waals surface area contributed by atoms with E-state index in [4.69, 9.17) is 0 Å². The molecule has 0 aromatic heterocycles. The summed E-state index contributed by atoms with van der Waals surface area (Å²) >= 11 is 1.89. The molecule has 0 radical (unpaired) electrons. The van der Waals surface area contributed by atoms with Gasteiger partial charge in [0.15, 0.2) is 0 Å². The highest BCUT2D eigenvalue weighted by Gasteiger charge is 2.20. The van der Waals surface area contributed by atoms with Crippen LogP contribution in [0.5, 0.6) is 0 Å². The van der Waals surface area contributed by atoms with Crippen molar-refractivity contribution in [3.8, 4) is 0 Å². The van der Waals surface area contributed by atoms with E-state index in [1.54, 1.807) is 0 Å². The average Bonchev–Trinajstić information content (AvgIpc) is 2.43. The number of hydrogen-bond acceptors (Lipinski definition) is 4. The molecular weight excluding hydrogens is 242 g/mol. The maximum absolute atomic E-state index is 3.43. The van der Waals surface area contributed by atoms with Crippen molar-refractivity contribution in [2.24, 2.45) is 0 Å². The molecule has 1 atom stereocenters. The highest BCUT2D eigenvalue weighted by Crippen LogP contribution is 2.22. The standard InChI is InChI=1S/C14H23N3S/c1-3-18-13-6-4-12(5-7-13)14(15-2)17-10-8-16-9-11-17/h4-7,14-16H,3,8-11H2,1-2H3. The van der Waals surface area contributed by atoms with Gasteiger partial charge in [-0.05, 0) is 30.5 Å². The lowest BCUT2D eigenvalue weighted by molar-refractivity contribution is 0.153. The van der Waals surface area contributed by atoms with Gasteiger partial charge in [0.2, 0.25) is 0 Å². The Bertz CT molecular complexity index is 347. The third kappa shape index (κ3) is 3.48. The monoisotopic (exact) mass is 265 g/mol. The van der Waals surface area contributed by atoms with Crippen molar-refractivity contribution in [1.82, 2.24) is 15.5 Å². The van der Waals surface area contributed by atoms with Crippen molar-refractivity contribution in [1.29, 1.82) is 0 Å². The number of piperazine rings is 1. The Labute approximate surface area is 114 Å². The maximum atomic E-state index is 3.43. The molecule has 0 saturated carbocycles. The summed E-state index contributed by atoms with van der Waals surface area (Å²) in [6, 6.07) is 8.97. The summed E-state index contributed by atoms with van der Waals surface area (Å²) in [4.78, 5) is 3.86. The highest BCUT2D eigenvalue weighted by molar-refractivity contribution is 7.99. The summed E-state index contributed by atoms with van der Waals surface area (Å²) in [5, 5.41) is 6.83. The first-order valence-electron chi connectivity index (χ1n) is 6.70. The van der Waals surface area contributed by atoms with Crippen LogP contribution in [0.2, 0.25) is 0 Å². The minimum absolute atomic E-state index is 0.341. The lowest BCUT2D eigenvalue weighted by Gasteiger charge is -2.35. The summed E-state index contributed by atoms with van der Waals surface area (Å²) in [7, 11) is 2.04. The Balaban J connectivity index is 2.06. The van der Waals surface area contributed by atoms with Crippen molar-refractivity contribution < 1.29 is 0 Å². The number of nitrogens with zero attached hydrogens (tertiary/aromatic N) is 1. The molecule has 2 rings (SSSR count). The molecule has 1 aromatic rings. The SMILES string of the molecule is CCSc1ccc(C(NC)N2CCNCC2)cc1. The van der Waals surface area contributed by atoms with Crippen LogP contribution in [-0.2, 0) is 0 Å². The Kier molecular flexibility index (Phi) is 5.50. The molecule has 1 aromatic carbocycles. The van der Waals surface area contributed by atoms with Crippen LogP contribution < -0.4 is 10.6 Å². The third-order valence-electron chi connectivity index (χ3n) is 3.30. The predicted octanol–water partition coefficient (Wildman–Crippen LogP) is 1.92. The van der Waals surface area contributed by atoms with Crippen molar-refractivity contribution in [3.05, 3.63) is 29.8 Å². The lowest BCUT2D eigenvalue weighted by Crippen LogP contribution is -2.48. The molecule has 100 valence electrons. The van der Waals surface area contributed by atoms with Crippen LogP contribution in [-0.4, -0.2) is 43.9 Å². The van der Waals surface area contributed by atoms with Crippen molar-refractivity contribution >= 4 is 11.8 Å². The minimum Gasteiger partial charge on any atom is -0.314 e. The van der Waals surface area contributed by atoms with Gasteiger partial charge in [-0.25, -0.2) is 0 Å². The fraction of sp³-hybridized carbons (Fsp3) is 0.571. The third-order valence-corrected chi connectivity index (χ3v) is 4.19. The molecule has 1 saturated heterocycles. The molecule has 0 amide bonds. The quantitative estimate of drug-likeness (QED) is 0.796. The van der Waals surface area contributed by atoms with E-state index in [2.05, 4.69) is 46.7 Å². The predicted molar refractivity (Wildman–Crippen MR) is 79.1 cm³/mol. The highest BCUT2D eigenvalue weighted by atomic mass is 32.2. The van der Waals surface area contributed by atoms with Gasteiger partial charge >= 0.3 is 0 Å². The van der Waals surface area contributed by atoms with Crippen LogP contribution in [0.4, 0.5) is 0 Å². The van der Waals surface area contributed by atoms with Crippen molar-refractivity contribution in [2.45, 2.75) is 18.0 Å². The van der Waals surface area contributed by atoms with E-state index in [0.29, 0.717) is 6.17 Å². The van der Waals surface area contributed by atoms with E-state index in [1.165, 1.54) is 10.5 Å². The summed E-state index contributed by atoms with van der Waals surface area (Å²) in [6.45, 7) is 6.58. The first kappa shape index (κ1) is 13.9. The first-order chi connectivity index (χ1) is 8.85. The van der Waals surface area contributed by atoms with Gasteiger partial charge in [0.25, 0.3) is 0 Å². The normalized spacial score (nSPS) is 18.8. The molecule has 0 aliphatic carbocycles. The van der Waals surface area contributed by atoms with Crippen molar-refractivity contribution in [2.75, 3.05) is 39.0 Å². The van der Waals surface area contributed by atoms with Gasteiger partial charge in [-0.15, -0.1) is 11.8 Å². The molecule has 2 N–H and O–H groups in total. The summed E-state index contributed by atoms with van der Waals surface area (Å²) < 4.78 is 0. The summed E-state index contributed by atoms with van der Waals surface area (Å²) in [6.07, 6.45) is 0.341. The van der Waals surface area contributed by atoms with E-state index in [-0.39, 0.29) is 0 Å². The molecule has 0 spiro atoms.